The van der Waals surface area contributed by atoms with Gasteiger partial charge in [0.1, 0.15) is 6.04 Å². The van der Waals surface area contributed by atoms with E-state index in [1.807, 2.05) is 0 Å². The van der Waals surface area contributed by atoms with Crippen LogP contribution in [0.15, 0.2) is 6.20 Å². The second-order valence-corrected chi connectivity index (χ2v) is 3.33. The fourth-order valence-corrected chi connectivity index (χ4v) is 1.16. The monoisotopic (exact) mass is 256 g/mol. The average Bonchev–Trinajstić information content (AvgIpc) is 2.87. The van der Waals surface area contributed by atoms with Crippen molar-refractivity contribution in [2.45, 2.75) is 18.9 Å². The maximum atomic E-state index is 11.5. The molecule has 18 heavy (non-hydrogen) atoms. The number of esters is 1. The van der Waals surface area contributed by atoms with Crippen LogP contribution in [-0.2, 0) is 14.3 Å². The highest BCUT2D eigenvalue weighted by Crippen LogP contribution is 2.01. The minimum Gasteiger partial charge on any atom is -0.480 e. The van der Waals surface area contributed by atoms with Gasteiger partial charge < -0.3 is 15.2 Å². The van der Waals surface area contributed by atoms with Crippen LogP contribution in [-0.4, -0.2) is 51.5 Å². The minimum atomic E-state index is -1.24. The van der Waals surface area contributed by atoms with Crippen molar-refractivity contribution in [2.75, 3.05) is 7.11 Å². The lowest BCUT2D eigenvalue weighted by Crippen LogP contribution is -2.41. The van der Waals surface area contributed by atoms with Crippen molar-refractivity contribution < 1.29 is 24.2 Å². The van der Waals surface area contributed by atoms with E-state index in [9.17, 15) is 14.4 Å². The van der Waals surface area contributed by atoms with E-state index in [0.717, 1.165) is 6.20 Å². The smallest absolute Gasteiger partial charge is 0.326 e. The Morgan fingerprint density at radius 3 is 2.78 bits per heavy atom. The zero-order valence-electron chi connectivity index (χ0n) is 9.54. The summed E-state index contributed by atoms with van der Waals surface area (Å²) in [4.78, 5) is 33.3. The van der Waals surface area contributed by atoms with Crippen LogP contribution >= 0.6 is 0 Å². The molecule has 0 aliphatic heterocycles. The summed E-state index contributed by atoms with van der Waals surface area (Å²) in [5.74, 6) is -2.46. The van der Waals surface area contributed by atoms with Gasteiger partial charge >= 0.3 is 11.9 Å². The maximum Gasteiger partial charge on any atom is 0.326 e. The number of nitrogens with one attached hydrogen (secondary N) is 2. The van der Waals surface area contributed by atoms with Crippen molar-refractivity contribution in [3.8, 4) is 0 Å². The van der Waals surface area contributed by atoms with E-state index in [-0.39, 0.29) is 18.5 Å². The Hall–Kier alpha value is -2.45. The van der Waals surface area contributed by atoms with Gasteiger partial charge in [-0.15, -0.1) is 0 Å². The molecule has 1 rings (SSSR count). The summed E-state index contributed by atoms with van der Waals surface area (Å²) < 4.78 is 4.39. The van der Waals surface area contributed by atoms with E-state index in [4.69, 9.17) is 5.11 Å². The fraction of sp³-hybridized carbons (Fsp3) is 0.444. The number of ether oxygens (including phenoxy) is 1. The third-order valence-corrected chi connectivity index (χ3v) is 2.12. The average molecular weight is 256 g/mol. The first-order valence-corrected chi connectivity index (χ1v) is 5.01. The largest absolute Gasteiger partial charge is 0.480 e. The second-order valence-electron chi connectivity index (χ2n) is 3.33. The van der Waals surface area contributed by atoms with Crippen LogP contribution in [0.1, 0.15) is 23.3 Å². The van der Waals surface area contributed by atoms with Crippen LogP contribution in [0, 0.1) is 0 Å². The molecule has 0 radical (unpaired) electrons. The molecule has 1 atom stereocenters. The number of carboxylic acids is 1. The fourth-order valence-electron chi connectivity index (χ4n) is 1.16. The molecule has 1 aromatic heterocycles. The summed E-state index contributed by atoms with van der Waals surface area (Å²) in [6.07, 6.45) is 0.993. The SMILES string of the molecule is COC(=O)CC[C@H](NC(=O)c1cn[nH]n1)C(=O)O. The standard InChI is InChI=1S/C9H12N4O5/c1-18-7(14)3-2-5(9(16)17)11-8(15)6-4-10-13-12-6/h4-5H,2-3H2,1H3,(H,11,15)(H,16,17)(H,10,12,13)/t5-/m0/s1. The number of hydrogen-bond acceptors (Lipinski definition) is 6. The van der Waals surface area contributed by atoms with Gasteiger partial charge in [-0.25, -0.2) is 4.79 Å². The summed E-state index contributed by atoms with van der Waals surface area (Å²) in [6.45, 7) is 0. The first kappa shape index (κ1) is 13.6. The van der Waals surface area contributed by atoms with Crippen molar-refractivity contribution >= 4 is 17.8 Å². The molecular formula is C9H12N4O5. The lowest BCUT2D eigenvalue weighted by molar-refractivity contribution is -0.142. The molecule has 0 spiro atoms. The number of nitrogens with zero attached hydrogens (tertiary/aromatic N) is 2. The number of carboxylic acid groups (broad SMARTS) is 1. The van der Waals surface area contributed by atoms with Crippen molar-refractivity contribution in [1.29, 1.82) is 0 Å². The molecule has 0 aliphatic rings. The minimum absolute atomic E-state index is 0.0284. The molecule has 9 nitrogen and oxygen atoms in total. The van der Waals surface area contributed by atoms with Gasteiger partial charge in [0.25, 0.3) is 5.91 Å². The van der Waals surface area contributed by atoms with E-state index in [2.05, 4.69) is 25.5 Å². The maximum absolute atomic E-state index is 11.5. The first-order valence-electron chi connectivity index (χ1n) is 5.01. The summed E-state index contributed by atoms with van der Waals surface area (Å²) in [5, 5.41) is 20.3. The zero-order valence-corrected chi connectivity index (χ0v) is 9.54. The van der Waals surface area contributed by atoms with Crippen molar-refractivity contribution in [1.82, 2.24) is 20.7 Å². The molecule has 1 heterocycles. The highest BCUT2D eigenvalue weighted by molar-refractivity contribution is 5.94. The van der Waals surface area contributed by atoms with Crippen LogP contribution in [0.3, 0.4) is 0 Å². The molecule has 0 saturated heterocycles. The third kappa shape index (κ3) is 3.85. The van der Waals surface area contributed by atoms with Gasteiger partial charge in [0.2, 0.25) is 0 Å². The number of aliphatic carboxylic acids is 1. The van der Waals surface area contributed by atoms with E-state index in [0.29, 0.717) is 0 Å². The predicted octanol–water partition coefficient (Wildman–Crippen LogP) is -1.06. The Kier molecular flexibility index (Phi) is 4.78. The Morgan fingerprint density at radius 2 is 2.28 bits per heavy atom. The molecule has 98 valence electrons. The summed E-state index contributed by atoms with van der Waals surface area (Å²) >= 11 is 0. The Balaban J connectivity index is 2.55. The number of aromatic nitrogens is 3. The molecule has 0 bridgehead atoms. The van der Waals surface area contributed by atoms with E-state index < -0.39 is 23.9 Å². The molecule has 0 aromatic carbocycles. The summed E-state index contributed by atoms with van der Waals surface area (Å²) in [7, 11) is 1.20. The third-order valence-electron chi connectivity index (χ3n) is 2.12. The molecule has 0 fully saturated rings. The quantitative estimate of drug-likeness (QED) is 0.552. The van der Waals surface area contributed by atoms with Gasteiger partial charge in [-0.05, 0) is 6.42 Å². The van der Waals surface area contributed by atoms with Gasteiger partial charge in [-0.3, -0.25) is 9.59 Å². The molecule has 9 heteroatoms. The molecule has 1 amide bonds. The number of rotatable bonds is 6. The molecule has 0 aliphatic carbocycles. The molecule has 0 unspecified atom stereocenters. The Labute approximate surface area is 102 Å². The highest BCUT2D eigenvalue weighted by Gasteiger charge is 2.22. The number of carbonyl (C=O) groups is 3. The number of carbonyl (C=O) groups excluding carboxylic acids is 2. The van der Waals surface area contributed by atoms with Crippen molar-refractivity contribution in [3.05, 3.63) is 11.9 Å². The lowest BCUT2D eigenvalue weighted by Gasteiger charge is -2.12. The van der Waals surface area contributed by atoms with Crippen LogP contribution in [0.25, 0.3) is 0 Å². The van der Waals surface area contributed by atoms with Crippen molar-refractivity contribution in [3.63, 3.8) is 0 Å². The highest BCUT2D eigenvalue weighted by atomic mass is 16.5. The van der Waals surface area contributed by atoms with Crippen LogP contribution in [0.5, 0.6) is 0 Å². The topological polar surface area (TPSA) is 134 Å². The predicted molar refractivity (Wildman–Crippen MR) is 56.5 cm³/mol. The number of methoxy groups -OCH3 is 1. The summed E-state index contributed by atoms with van der Waals surface area (Å²) in [5.41, 5.74) is -0.0284. The normalized spacial score (nSPS) is 11.6. The van der Waals surface area contributed by atoms with E-state index >= 15 is 0 Å². The van der Waals surface area contributed by atoms with Crippen LogP contribution < -0.4 is 5.32 Å². The summed E-state index contributed by atoms with van der Waals surface area (Å²) in [6, 6.07) is -1.19. The molecule has 3 N–H and O–H groups in total. The molecule has 1 aromatic rings. The Morgan fingerprint density at radius 1 is 1.56 bits per heavy atom. The Bertz CT molecular complexity index is 430. The van der Waals surface area contributed by atoms with Gasteiger partial charge in [0.15, 0.2) is 5.69 Å². The van der Waals surface area contributed by atoms with Crippen molar-refractivity contribution in [2.24, 2.45) is 0 Å². The van der Waals surface area contributed by atoms with Crippen LogP contribution in [0.4, 0.5) is 0 Å². The second kappa shape index (κ2) is 6.33. The number of amides is 1. The number of H-pyrrole nitrogens is 1. The first-order chi connectivity index (χ1) is 8.54. The lowest BCUT2D eigenvalue weighted by atomic mass is 10.1. The van der Waals surface area contributed by atoms with Crippen LogP contribution in [0.2, 0.25) is 0 Å². The molecule has 0 saturated carbocycles. The van der Waals surface area contributed by atoms with Gasteiger partial charge in [0, 0.05) is 6.42 Å². The number of hydrogen-bond donors (Lipinski definition) is 3. The molecular weight excluding hydrogens is 244 g/mol. The zero-order chi connectivity index (χ0) is 13.5. The van der Waals surface area contributed by atoms with Gasteiger partial charge in [-0.2, -0.15) is 15.4 Å². The van der Waals surface area contributed by atoms with E-state index in [1.165, 1.54) is 7.11 Å². The van der Waals surface area contributed by atoms with Gasteiger partial charge in [-0.1, -0.05) is 0 Å². The number of aromatic amines is 1. The van der Waals surface area contributed by atoms with E-state index in [1.54, 1.807) is 0 Å². The van der Waals surface area contributed by atoms with Gasteiger partial charge in [0.05, 0.1) is 13.3 Å².